The Labute approximate surface area is 185 Å². The van der Waals surface area contributed by atoms with Gasteiger partial charge in [-0.25, -0.2) is 4.79 Å². The van der Waals surface area contributed by atoms with Gasteiger partial charge in [0.15, 0.2) is 5.78 Å². The molecule has 0 spiro atoms. The lowest BCUT2D eigenvalue weighted by Crippen LogP contribution is -2.36. The van der Waals surface area contributed by atoms with E-state index in [2.05, 4.69) is 33.4 Å². The molecule has 2 aromatic carbocycles. The van der Waals surface area contributed by atoms with Crippen LogP contribution in [0.5, 0.6) is 0 Å². The number of methoxy groups -OCH3 is 1. The highest BCUT2D eigenvalue weighted by atomic mass is 79.9. The highest BCUT2D eigenvalue weighted by Crippen LogP contribution is 2.46. The Balaban J connectivity index is 1.83. The van der Waals surface area contributed by atoms with Gasteiger partial charge in [0.2, 0.25) is 0 Å². The lowest BCUT2D eigenvalue weighted by atomic mass is 9.71. The van der Waals surface area contributed by atoms with Crippen LogP contribution < -0.4 is 5.32 Å². The number of benzene rings is 2. The average molecular weight is 466 g/mol. The third kappa shape index (κ3) is 3.63. The summed E-state index contributed by atoms with van der Waals surface area (Å²) in [6, 6.07) is 16.1. The summed E-state index contributed by atoms with van der Waals surface area (Å²) in [6.45, 7) is 3.89. The fourth-order valence-corrected chi connectivity index (χ4v) is 4.90. The van der Waals surface area contributed by atoms with E-state index in [1.54, 1.807) is 0 Å². The Morgan fingerprint density at radius 2 is 1.80 bits per heavy atom. The minimum atomic E-state index is -0.435. The number of allylic oxidation sites excluding steroid dienone is 3. The molecular formula is C25H24BrNO3. The molecule has 2 aliphatic rings. The van der Waals surface area contributed by atoms with Crippen molar-refractivity contribution in [3.8, 4) is 0 Å². The highest BCUT2D eigenvalue weighted by Gasteiger charge is 2.41. The van der Waals surface area contributed by atoms with E-state index in [0.29, 0.717) is 17.6 Å². The van der Waals surface area contributed by atoms with Gasteiger partial charge in [0.25, 0.3) is 0 Å². The molecule has 0 saturated carbocycles. The van der Waals surface area contributed by atoms with Crippen LogP contribution in [0.4, 0.5) is 0 Å². The van der Waals surface area contributed by atoms with Crippen LogP contribution in [0.2, 0.25) is 0 Å². The molecule has 5 heteroatoms. The molecule has 2 aromatic rings. The molecule has 0 unspecified atom stereocenters. The molecule has 4 rings (SSSR count). The van der Waals surface area contributed by atoms with Gasteiger partial charge in [-0.15, -0.1) is 0 Å². The number of ether oxygens (including phenoxy) is 1. The summed E-state index contributed by atoms with van der Waals surface area (Å²) in [7, 11) is 1.38. The van der Waals surface area contributed by atoms with Crippen molar-refractivity contribution >= 4 is 27.7 Å². The first kappa shape index (κ1) is 20.6. The predicted molar refractivity (Wildman–Crippen MR) is 120 cm³/mol. The van der Waals surface area contributed by atoms with Crippen molar-refractivity contribution in [2.45, 2.75) is 38.5 Å². The van der Waals surface area contributed by atoms with Gasteiger partial charge in [-0.3, -0.25) is 4.79 Å². The van der Waals surface area contributed by atoms with Gasteiger partial charge >= 0.3 is 5.97 Å². The molecular weight excluding hydrogens is 442 g/mol. The summed E-state index contributed by atoms with van der Waals surface area (Å²) >= 11 is 3.60. The number of hydrogen-bond donors (Lipinski definition) is 1. The minimum absolute atomic E-state index is 0.0770. The van der Waals surface area contributed by atoms with Crippen LogP contribution in [-0.4, -0.2) is 18.9 Å². The van der Waals surface area contributed by atoms with Crippen molar-refractivity contribution in [1.82, 2.24) is 5.32 Å². The van der Waals surface area contributed by atoms with Gasteiger partial charge in [-0.2, -0.15) is 0 Å². The van der Waals surface area contributed by atoms with E-state index in [9.17, 15) is 9.59 Å². The monoisotopic (exact) mass is 465 g/mol. The highest BCUT2D eigenvalue weighted by molar-refractivity contribution is 9.10. The van der Waals surface area contributed by atoms with E-state index in [-0.39, 0.29) is 11.7 Å². The number of carbonyl (C=O) groups is 2. The summed E-state index contributed by atoms with van der Waals surface area (Å²) in [4.78, 5) is 26.1. The molecule has 2 atom stereocenters. The number of dihydropyridines is 1. The molecule has 154 valence electrons. The van der Waals surface area contributed by atoms with Crippen LogP contribution in [0.3, 0.4) is 0 Å². The maximum Gasteiger partial charge on any atom is 0.336 e. The molecule has 0 aromatic heterocycles. The molecule has 0 radical (unpaired) electrons. The molecule has 1 aliphatic carbocycles. The van der Waals surface area contributed by atoms with Crippen molar-refractivity contribution in [3.05, 3.63) is 92.2 Å². The van der Waals surface area contributed by atoms with Crippen LogP contribution >= 0.6 is 15.9 Å². The van der Waals surface area contributed by atoms with E-state index in [1.165, 1.54) is 7.11 Å². The molecule has 0 bridgehead atoms. The first-order valence-corrected chi connectivity index (χ1v) is 10.8. The molecule has 0 fully saturated rings. The van der Waals surface area contributed by atoms with Crippen LogP contribution in [0.1, 0.15) is 48.3 Å². The van der Waals surface area contributed by atoms with Crippen molar-refractivity contribution in [2.75, 3.05) is 7.11 Å². The van der Waals surface area contributed by atoms with Crippen molar-refractivity contribution in [3.63, 3.8) is 0 Å². The average Bonchev–Trinajstić information content (AvgIpc) is 2.74. The summed E-state index contributed by atoms with van der Waals surface area (Å²) in [5.74, 6) is -0.642. The van der Waals surface area contributed by atoms with Crippen molar-refractivity contribution in [2.24, 2.45) is 0 Å². The summed E-state index contributed by atoms with van der Waals surface area (Å²) in [6.07, 6.45) is 1.17. The lowest BCUT2D eigenvalue weighted by molar-refractivity contribution is -0.136. The zero-order chi connectivity index (χ0) is 21.4. The van der Waals surface area contributed by atoms with Gasteiger partial charge < -0.3 is 10.1 Å². The molecule has 1 N–H and O–H groups in total. The second-order valence-electron chi connectivity index (χ2n) is 7.93. The van der Waals surface area contributed by atoms with E-state index in [4.69, 9.17) is 4.74 Å². The topological polar surface area (TPSA) is 55.4 Å². The smallest absolute Gasteiger partial charge is 0.336 e. The maximum atomic E-state index is 13.4. The number of rotatable bonds is 3. The number of carbonyl (C=O) groups excluding carboxylic acids is 2. The van der Waals surface area contributed by atoms with E-state index in [0.717, 1.165) is 39.0 Å². The largest absolute Gasteiger partial charge is 0.466 e. The zero-order valence-electron chi connectivity index (χ0n) is 17.3. The van der Waals surface area contributed by atoms with Gasteiger partial charge in [0.1, 0.15) is 0 Å². The third-order valence-corrected chi connectivity index (χ3v) is 6.89. The Bertz CT molecular complexity index is 1080. The number of ketones is 1. The molecule has 1 heterocycles. The first-order valence-electron chi connectivity index (χ1n) is 10.0. The summed E-state index contributed by atoms with van der Waals surface area (Å²) < 4.78 is 6.04. The van der Waals surface area contributed by atoms with E-state index in [1.807, 2.05) is 50.2 Å². The lowest BCUT2D eigenvalue weighted by Gasteiger charge is -2.36. The van der Waals surface area contributed by atoms with Crippen molar-refractivity contribution < 1.29 is 14.3 Å². The van der Waals surface area contributed by atoms with E-state index >= 15 is 0 Å². The fraction of sp³-hybridized carbons (Fsp3) is 0.280. The molecule has 0 saturated heterocycles. The molecule has 4 nitrogen and oxygen atoms in total. The van der Waals surface area contributed by atoms with Gasteiger partial charge in [0.05, 0.1) is 12.7 Å². The standard InChI is InChI=1S/C25H24BrNO3/c1-14-9-10-17(11-19(14)26)23-22(25(29)30-3)15(2)27-20-12-18(13-21(28)24(20)23)16-7-5-4-6-8-16/h4-11,18,23,27H,12-13H2,1-3H3/t18-,23-/m0/s1. The van der Waals surface area contributed by atoms with Gasteiger partial charge in [-0.1, -0.05) is 58.4 Å². The predicted octanol–water partition coefficient (Wildman–Crippen LogP) is 5.29. The molecule has 30 heavy (non-hydrogen) atoms. The second-order valence-corrected chi connectivity index (χ2v) is 8.78. The summed E-state index contributed by atoms with van der Waals surface area (Å²) in [5.41, 5.74) is 6.00. The number of esters is 1. The Hall–Kier alpha value is -2.66. The van der Waals surface area contributed by atoms with Crippen molar-refractivity contribution in [1.29, 1.82) is 0 Å². The number of Topliss-reactive ketones (excluding diaryl/α,β-unsaturated/α-hetero) is 1. The van der Waals surface area contributed by atoms with Crippen LogP contribution in [0.25, 0.3) is 0 Å². The maximum absolute atomic E-state index is 13.4. The summed E-state index contributed by atoms with van der Waals surface area (Å²) in [5, 5.41) is 3.37. The Morgan fingerprint density at radius 1 is 1.07 bits per heavy atom. The number of aryl methyl sites for hydroxylation is 1. The third-order valence-electron chi connectivity index (χ3n) is 6.03. The molecule has 0 amide bonds. The number of hydrogen-bond acceptors (Lipinski definition) is 4. The molecule has 1 aliphatic heterocycles. The Kier molecular flexibility index (Phi) is 5.65. The normalized spacial score (nSPS) is 21.3. The van der Waals surface area contributed by atoms with Crippen LogP contribution in [-0.2, 0) is 14.3 Å². The van der Waals surface area contributed by atoms with E-state index < -0.39 is 11.9 Å². The first-order chi connectivity index (χ1) is 14.4. The van der Waals surface area contributed by atoms with Gasteiger partial charge in [0, 0.05) is 33.8 Å². The quantitative estimate of drug-likeness (QED) is 0.625. The minimum Gasteiger partial charge on any atom is -0.466 e. The van der Waals surface area contributed by atoms with Crippen LogP contribution in [0, 0.1) is 6.92 Å². The SMILES string of the molecule is COC(=O)C1=C(C)NC2=C(C(=O)C[C@@H](c3ccccc3)C2)[C@H]1c1ccc(C)c(Br)c1. The van der Waals surface area contributed by atoms with Gasteiger partial charge in [-0.05, 0) is 48.9 Å². The number of nitrogens with one attached hydrogen (secondary N) is 1. The Morgan fingerprint density at radius 3 is 2.47 bits per heavy atom. The van der Waals surface area contributed by atoms with Crippen LogP contribution in [0.15, 0.2) is 75.5 Å². The second kappa shape index (κ2) is 8.23. The zero-order valence-corrected chi connectivity index (χ0v) is 18.9. The fourth-order valence-electron chi connectivity index (χ4n) is 4.50. The number of halogens is 1.